The first-order valence-electron chi connectivity index (χ1n) is 6.10. The minimum atomic E-state index is 0. The van der Waals surface area contributed by atoms with Crippen LogP contribution in [0.15, 0.2) is 0 Å². The van der Waals surface area contributed by atoms with Crippen LogP contribution in [0.4, 0.5) is 5.95 Å². The van der Waals surface area contributed by atoms with E-state index in [0.29, 0.717) is 5.28 Å². The lowest BCUT2D eigenvalue weighted by molar-refractivity contribution is -0.922. The van der Waals surface area contributed by atoms with E-state index in [1.807, 2.05) is 6.92 Å². The van der Waals surface area contributed by atoms with Crippen molar-refractivity contribution in [3.63, 3.8) is 0 Å². The Balaban J connectivity index is 0.000000902. The highest BCUT2D eigenvalue weighted by Gasteiger charge is 2.50. The normalized spacial score (nSPS) is 32.4. The molecule has 0 atom stereocenters. The molecule has 4 rings (SSSR count). The summed E-state index contributed by atoms with van der Waals surface area (Å²) < 4.78 is 2.11. The average Bonchev–Trinajstić information content (AvgIpc) is 2.29. The van der Waals surface area contributed by atoms with Crippen LogP contribution in [-0.2, 0) is 0 Å². The lowest BCUT2D eigenvalue weighted by atomic mass is 10.1. The minimum Gasteiger partial charge on any atom is -1.00 e. The van der Waals surface area contributed by atoms with Gasteiger partial charge in [0.25, 0.3) is 0 Å². The Bertz CT molecular complexity index is 423. The molecule has 108 valence electrons. The van der Waals surface area contributed by atoms with E-state index in [-0.39, 0.29) is 24.8 Å². The fraction of sp³-hybridized carbons (Fsp3) is 0.727. The van der Waals surface area contributed by atoms with Gasteiger partial charge in [0.2, 0.25) is 5.28 Å². The standard InChI is InChI=1S/C11H18ClN5.2ClH/c1-9-13-10(12)15-11(14-9)17-6-3-16(2,4-7-17)5-8-17;;/h3-8H2,1-2H3;2*1H/q+2;;/p-2. The van der Waals surface area contributed by atoms with Gasteiger partial charge in [-0.15, -0.1) is 4.98 Å². The van der Waals surface area contributed by atoms with Gasteiger partial charge in [0.1, 0.15) is 45.1 Å². The lowest BCUT2D eigenvalue weighted by Gasteiger charge is -2.52. The van der Waals surface area contributed by atoms with Crippen molar-refractivity contribution in [2.75, 3.05) is 46.3 Å². The number of fused-ring (bicyclic) bond motifs is 3. The summed E-state index contributed by atoms with van der Waals surface area (Å²) in [4.78, 5) is 12.9. The van der Waals surface area contributed by atoms with Crippen molar-refractivity contribution in [1.82, 2.24) is 19.4 Å². The topological polar surface area (TPSA) is 38.7 Å². The van der Waals surface area contributed by atoms with Crippen LogP contribution in [0.3, 0.4) is 0 Å². The predicted molar refractivity (Wildman–Crippen MR) is 66.8 cm³/mol. The maximum absolute atomic E-state index is 5.95. The smallest absolute Gasteiger partial charge is 0.334 e. The third-order valence-electron chi connectivity index (χ3n) is 4.34. The van der Waals surface area contributed by atoms with E-state index in [9.17, 15) is 0 Å². The summed E-state index contributed by atoms with van der Waals surface area (Å²) in [5.74, 6) is 1.59. The molecule has 3 fully saturated rings. The SMILES string of the molecule is Cc1nc(Cl)nc([N+]23CC[N+](C)(CC2)CC3)n1.[Cl-].[Cl-]. The average molecular weight is 327 g/mol. The van der Waals surface area contributed by atoms with E-state index in [1.54, 1.807) is 0 Å². The predicted octanol–water partition coefficient (Wildman–Crippen LogP) is -5.38. The van der Waals surface area contributed by atoms with Crippen molar-refractivity contribution >= 4 is 17.5 Å². The van der Waals surface area contributed by atoms with Crippen molar-refractivity contribution in [3.8, 4) is 0 Å². The molecule has 0 aromatic carbocycles. The fourth-order valence-electron chi connectivity index (χ4n) is 2.92. The van der Waals surface area contributed by atoms with Gasteiger partial charge in [0, 0.05) is 0 Å². The molecule has 19 heavy (non-hydrogen) atoms. The van der Waals surface area contributed by atoms with Crippen LogP contribution >= 0.6 is 11.6 Å². The minimum absolute atomic E-state index is 0. The van der Waals surface area contributed by atoms with E-state index in [1.165, 1.54) is 24.1 Å². The van der Waals surface area contributed by atoms with Crippen molar-refractivity contribution < 1.29 is 29.3 Å². The second-order valence-corrected chi connectivity index (χ2v) is 5.90. The van der Waals surface area contributed by atoms with Gasteiger partial charge >= 0.3 is 5.95 Å². The fourth-order valence-corrected chi connectivity index (χ4v) is 3.12. The largest absolute Gasteiger partial charge is 1.00 e. The van der Waals surface area contributed by atoms with Crippen molar-refractivity contribution in [2.45, 2.75) is 6.92 Å². The molecule has 3 aliphatic rings. The quantitative estimate of drug-likeness (QED) is 0.484. The number of aryl methyl sites for hydroxylation is 1. The molecule has 0 saturated carbocycles. The Hall–Kier alpha value is -0.200. The highest BCUT2D eigenvalue weighted by molar-refractivity contribution is 6.28. The Kier molecular flexibility index (Phi) is 5.02. The van der Waals surface area contributed by atoms with Crippen LogP contribution in [0, 0.1) is 6.92 Å². The zero-order valence-corrected chi connectivity index (χ0v) is 13.4. The number of rotatable bonds is 1. The van der Waals surface area contributed by atoms with Gasteiger partial charge in [-0.3, -0.25) is 0 Å². The van der Waals surface area contributed by atoms with Crippen molar-refractivity contribution in [2.24, 2.45) is 0 Å². The molecular weight excluding hydrogens is 309 g/mol. The Labute approximate surface area is 131 Å². The summed E-state index contributed by atoms with van der Waals surface area (Å²) in [7, 11) is 2.35. The van der Waals surface area contributed by atoms with Crippen LogP contribution < -0.4 is 29.3 Å². The van der Waals surface area contributed by atoms with Gasteiger partial charge in [-0.25, -0.2) is 9.47 Å². The number of aromatic nitrogens is 3. The van der Waals surface area contributed by atoms with Crippen LogP contribution in [0.1, 0.15) is 5.82 Å². The second-order valence-electron chi connectivity index (χ2n) is 5.56. The summed E-state index contributed by atoms with van der Waals surface area (Å²) in [6.07, 6.45) is 0. The first-order valence-corrected chi connectivity index (χ1v) is 6.48. The van der Waals surface area contributed by atoms with Crippen molar-refractivity contribution in [1.29, 1.82) is 0 Å². The van der Waals surface area contributed by atoms with Gasteiger partial charge < -0.3 is 29.3 Å². The Morgan fingerprint density at radius 2 is 1.42 bits per heavy atom. The maximum atomic E-state index is 5.95. The van der Waals surface area contributed by atoms with Gasteiger partial charge in [-0.1, -0.05) is 0 Å². The summed E-state index contributed by atoms with van der Waals surface area (Å²) in [6, 6.07) is 0. The molecule has 2 bridgehead atoms. The molecular formula is C11H18Cl3N5. The Morgan fingerprint density at radius 1 is 0.895 bits per heavy atom. The van der Waals surface area contributed by atoms with Crippen LogP contribution in [0.5, 0.6) is 0 Å². The van der Waals surface area contributed by atoms with Gasteiger partial charge in [0.15, 0.2) is 0 Å². The number of quaternary nitrogens is 2. The van der Waals surface area contributed by atoms with Crippen LogP contribution in [-0.4, -0.2) is 65.8 Å². The van der Waals surface area contributed by atoms with Gasteiger partial charge in [-0.2, -0.15) is 4.98 Å². The number of halogens is 3. The highest BCUT2D eigenvalue weighted by atomic mass is 35.5. The number of nitrogens with zero attached hydrogens (tertiary/aromatic N) is 5. The number of likely N-dealkylation sites (N-methyl/N-ethyl adjacent to an activating group) is 1. The molecule has 1 aromatic heterocycles. The molecule has 4 heterocycles. The van der Waals surface area contributed by atoms with Crippen molar-refractivity contribution in [3.05, 3.63) is 11.1 Å². The highest BCUT2D eigenvalue weighted by Crippen LogP contribution is 2.29. The molecule has 0 radical (unpaired) electrons. The first-order chi connectivity index (χ1) is 8.01. The lowest BCUT2D eigenvalue weighted by Crippen LogP contribution is -3.00. The summed E-state index contributed by atoms with van der Waals surface area (Å²) in [5.41, 5.74) is 0. The van der Waals surface area contributed by atoms with E-state index in [2.05, 4.69) is 22.0 Å². The monoisotopic (exact) mass is 325 g/mol. The second kappa shape index (κ2) is 5.66. The zero-order chi connectivity index (χ0) is 12.1. The molecule has 5 nitrogen and oxygen atoms in total. The molecule has 0 unspecified atom stereocenters. The summed E-state index contributed by atoms with van der Waals surface area (Å²) in [5, 5.41) is 0.327. The summed E-state index contributed by atoms with van der Waals surface area (Å²) >= 11 is 5.95. The molecule has 0 aliphatic carbocycles. The Morgan fingerprint density at radius 3 is 1.89 bits per heavy atom. The molecule has 3 saturated heterocycles. The first kappa shape index (κ1) is 16.9. The molecule has 3 aliphatic heterocycles. The molecule has 0 N–H and O–H groups in total. The molecule has 1 aromatic rings. The van der Waals surface area contributed by atoms with E-state index in [4.69, 9.17) is 11.6 Å². The van der Waals surface area contributed by atoms with Gasteiger partial charge in [-0.05, 0) is 18.5 Å². The maximum Gasteiger partial charge on any atom is 0.334 e. The number of hydrogen-bond donors (Lipinski definition) is 0. The molecule has 8 heteroatoms. The van der Waals surface area contributed by atoms with E-state index >= 15 is 0 Å². The van der Waals surface area contributed by atoms with Gasteiger partial charge in [0.05, 0.1) is 7.05 Å². The van der Waals surface area contributed by atoms with E-state index < -0.39 is 0 Å². The van der Waals surface area contributed by atoms with Crippen LogP contribution in [0.2, 0.25) is 5.28 Å². The zero-order valence-electron chi connectivity index (χ0n) is 11.1. The molecule has 0 amide bonds. The number of piperazine rings is 3. The third kappa shape index (κ3) is 2.95. The summed E-state index contributed by atoms with van der Waals surface area (Å²) in [6.45, 7) is 8.87. The third-order valence-corrected chi connectivity index (χ3v) is 4.51. The van der Waals surface area contributed by atoms with Crippen LogP contribution in [0.25, 0.3) is 0 Å². The number of hydrogen-bond acceptors (Lipinski definition) is 3. The van der Waals surface area contributed by atoms with E-state index in [0.717, 1.165) is 35.9 Å². The molecule has 0 spiro atoms.